The third kappa shape index (κ3) is 19.7. The van der Waals surface area contributed by atoms with E-state index in [1.807, 2.05) is 37.3 Å². The van der Waals surface area contributed by atoms with Crippen molar-refractivity contribution in [1.82, 2.24) is 0 Å². The molecule has 0 aromatic carbocycles. The Labute approximate surface area is 152 Å². The minimum Gasteiger partial charge on any atom is -0.513 e. The van der Waals surface area contributed by atoms with Crippen LogP contribution in [0.4, 0.5) is 0 Å². The summed E-state index contributed by atoms with van der Waals surface area (Å²) in [4.78, 5) is 10.3. The van der Waals surface area contributed by atoms with Crippen LogP contribution in [0.2, 0.25) is 0 Å². The Balaban J connectivity index is 3.59. The molecule has 3 nitrogen and oxygen atoms in total. The third-order valence-corrected chi connectivity index (χ3v) is 3.30. The molecule has 0 aliphatic heterocycles. The van der Waals surface area contributed by atoms with Gasteiger partial charge in [0.25, 0.3) is 0 Å². The lowest BCUT2D eigenvalue weighted by Gasteiger charge is -1.91. The molecule has 138 valence electrons. The molecule has 0 aliphatic carbocycles. The number of aliphatic carboxylic acids is 1. The van der Waals surface area contributed by atoms with E-state index in [0.29, 0.717) is 18.6 Å². The summed E-state index contributed by atoms with van der Waals surface area (Å²) in [6, 6.07) is 0. The van der Waals surface area contributed by atoms with Crippen molar-refractivity contribution in [3.05, 3.63) is 72.6 Å². The lowest BCUT2D eigenvalue weighted by Crippen LogP contribution is -1.91. The summed E-state index contributed by atoms with van der Waals surface area (Å²) in [6.45, 7) is 1.94. The first-order valence-corrected chi connectivity index (χ1v) is 9.03. The monoisotopic (exact) mass is 344 g/mol. The number of hydrogen-bond acceptors (Lipinski definition) is 2. The Hall–Kier alpha value is -2.29. The number of hydrogen-bond donors (Lipinski definition) is 2. The summed E-state index contributed by atoms with van der Waals surface area (Å²) in [5.74, 6) is -0.281. The Bertz CT molecular complexity index is 505. The van der Waals surface area contributed by atoms with Crippen LogP contribution >= 0.6 is 0 Å². The highest BCUT2D eigenvalue weighted by atomic mass is 16.4. The molecule has 3 heteroatoms. The normalized spacial score (nSPS) is 13.4. The molecule has 0 aromatic rings. The lowest BCUT2D eigenvalue weighted by molar-refractivity contribution is -0.136. The van der Waals surface area contributed by atoms with Gasteiger partial charge in [-0.3, -0.25) is 4.79 Å². The van der Waals surface area contributed by atoms with Crippen LogP contribution < -0.4 is 0 Å². The van der Waals surface area contributed by atoms with Gasteiger partial charge < -0.3 is 10.2 Å². The maximum atomic E-state index is 10.3. The van der Waals surface area contributed by atoms with Gasteiger partial charge in [-0.05, 0) is 44.6 Å². The van der Waals surface area contributed by atoms with Gasteiger partial charge in [0.15, 0.2) is 0 Å². The number of allylic oxidation sites excluding steroid dienone is 12. The first-order chi connectivity index (χ1) is 12.2. The minimum atomic E-state index is -0.751. The highest BCUT2D eigenvalue weighted by molar-refractivity contribution is 5.66. The van der Waals surface area contributed by atoms with Crippen molar-refractivity contribution in [2.75, 3.05) is 0 Å². The van der Waals surface area contributed by atoms with E-state index in [-0.39, 0.29) is 6.42 Å². The van der Waals surface area contributed by atoms with Crippen LogP contribution in [0.3, 0.4) is 0 Å². The second-order valence-corrected chi connectivity index (χ2v) is 5.54. The second-order valence-electron chi connectivity index (χ2n) is 5.54. The number of carboxylic acid groups (broad SMARTS) is 1. The number of rotatable bonds is 14. The van der Waals surface area contributed by atoms with Gasteiger partial charge in [-0.15, -0.1) is 0 Å². The summed E-state index contributed by atoms with van der Waals surface area (Å²) in [6.07, 6.45) is 28.6. The standard InChI is InChI=1S/C22H32O3/c1-2-21(23)19-17-15-13-11-9-7-5-3-4-6-8-10-12-14-16-18-20-22(24)25/h3-4,7-11,13-14,16,19,23H,2,5-6,12,15,17-18,20H2,1H3,(H,24,25)/b4-3-,9-7-,10-8-,13-11+,16-14-,21-19+. The van der Waals surface area contributed by atoms with Crippen molar-refractivity contribution in [2.24, 2.45) is 0 Å². The van der Waals surface area contributed by atoms with Crippen LogP contribution in [0.5, 0.6) is 0 Å². The van der Waals surface area contributed by atoms with Crippen molar-refractivity contribution < 1.29 is 15.0 Å². The summed E-state index contributed by atoms with van der Waals surface area (Å²) in [5.41, 5.74) is 0. The molecule has 0 aromatic heterocycles. The summed E-state index contributed by atoms with van der Waals surface area (Å²) in [5, 5.41) is 17.8. The molecule has 0 saturated carbocycles. The van der Waals surface area contributed by atoms with E-state index in [1.165, 1.54) is 0 Å². The Kier molecular flexibility index (Phi) is 16.4. The average Bonchev–Trinajstić information content (AvgIpc) is 2.60. The van der Waals surface area contributed by atoms with Crippen molar-refractivity contribution in [3.8, 4) is 0 Å². The van der Waals surface area contributed by atoms with Gasteiger partial charge in [0.2, 0.25) is 0 Å². The zero-order valence-corrected chi connectivity index (χ0v) is 15.3. The first kappa shape index (κ1) is 22.7. The van der Waals surface area contributed by atoms with Crippen LogP contribution in [0, 0.1) is 0 Å². The average molecular weight is 344 g/mol. The Morgan fingerprint density at radius 1 is 0.720 bits per heavy atom. The predicted octanol–water partition coefficient (Wildman–Crippen LogP) is 6.43. The quantitative estimate of drug-likeness (QED) is 0.165. The van der Waals surface area contributed by atoms with E-state index < -0.39 is 5.97 Å². The van der Waals surface area contributed by atoms with Gasteiger partial charge >= 0.3 is 5.97 Å². The number of aliphatic hydroxyl groups is 1. The molecule has 0 spiro atoms. The molecule has 25 heavy (non-hydrogen) atoms. The number of carboxylic acids is 1. The van der Waals surface area contributed by atoms with E-state index in [4.69, 9.17) is 5.11 Å². The molecule has 0 bridgehead atoms. The molecule has 0 saturated heterocycles. The van der Waals surface area contributed by atoms with Gasteiger partial charge in [-0.2, -0.15) is 0 Å². The summed E-state index contributed by atoms with van der Waals surface area (Å²) < 4.78 is 0. The summed E-state index contributed by atoms with van der Waals surface area (Å²) >= 11 is 0. The maximum Gasteiger partial charge on any atom is 0.303 e. The van der Waals surface area contributed by atoms with Gasteiger partial charge in [0.1, 0.15) is 0 Å². The van der Waals surface area contributed by atoms with Crippen LogP contribution in [0.15, 0.2) is 72.6 Å². The lowest BCUT2D eigenvalue weighted by atomic mass is 10.2. The molecule has 2 N–H and O–H groups in total. The number of carbonyl (C=O) groups is 1. The second kappa shape index (κ2) is 18.1. The van der Waals surface area contributed by atoms with E-state index in [1.54, 1.807) is 0 Å². The maximum absolute atomic E-state index is 10.3. The fourth-order valence-corrected chi connectivity index (χ4v) is 1.86. The highest BCUT2D eigenvalue weighted by Crippen LogP contribution is 2.00. The van der Waals surface area contributed by atoms with Crippen molar-refractivity contribution in [2.45, 2.75) is 58.3 Å². The minimum absolute atomic E-state index is 0.200. The van der Waals surface area contributed by atoms with E-state index in [0.717, 1.165) is 32.1 Å². The molecular formula is C22H32O3. The number of unbranched alkanes of at least 4 members (excludes halogenated alkanes) is 1. The fourth-order valence-electron chi connectivity index (χ4n) is 1.86. The van der Waals surface area contributed by atoms with Crippen molar-refractivity contribution >= 4 is 5.97 Å². The largest absolute Gasteiger partial charge is 0.513 e. The van der Waals surface area contributed by atoms with Crippen molar-refractivity contribution in [3.63, 3.8) is 0 Å². The van der Waals surface area contributed by atoms with Crippen LogP contribution in [0.25, 0.3) is 0 Å². The fraction of sp³-hybridized carbons (Fsp3) is 0.409. The predicted molar refractivity (Wildman–Crippen MR) is 107 cm³/mol. The smallest absolute Gasteiger partial charge is 0.303 e. The highest BCUT2D eigenvalue weighted by Gasteiger charge is 1.90. The zero-order valence-electron chi connectivity index (χ0n) is 15.3. The number of aliphatic hydroxyl groups excluding tert-OH is 1. The Morgan fingerprint density at radius 3 is 1.88 bits per heavy atom. The molecule has 0 amide bonds. The molecular weight excluding hydrogens is 312 g/mol. The molecule has 0 unspecified atom stereocenters. The summed E-state index contributed by atoms with van der Waals surface area (Å²) in [7, 11) is 0. The SMILES string of the molecule is CC/C(O)=C\CC/C=C/C=C\C/C=C\C/C=C\C/C=C\CCC(=O)O. The van der Waals surface area contributed by atoms with Gasteiger partial charge in [0.05, 0.1) is 5.76 Å². The third-order valence-electron chi connectivity index (χ3n) is 3.30. The molecule has 0 radical (unpaired) electrons. The zero-order chi connectivity index (χ0) is 18.6. The van der Waals surface area contributed by atoms with Crippen LogP contribution in [-0.4, -0.2) is 16.2 Å². The van der Waals surface area contributed by atoms with Crippen molar-refractivity contribution in [1.29, 1.82) is 0 Å². The van der Waals surface area contributed by atoms with Gasteiger partial charge in [-0.25, -0.2) is 0 Å². The topological polar surface area (TPSA) is 57.5 Å². The molecule has 0 fully saturated rings. The van der Waals surface area contributed by atoms with E-state index in [9.17, 15) is 9.90 Å². The molecule has 0 heterocycles. The molecule has 0 atom stereocenters. The van der Waals surface area contributed by atoms with E-state index in [2.05, 4.69) is 36.5 Å². The van der Waals surface area contributed by atoms with E-state index >= 15 is 0 Å². The van der Waals surface area contributed by atoms with Crippen LogP contribution in [0.1, 0.15) is 58.3 Å². The first-order valence-electron chi connectivity index (χ1n) is 9.03. The molecule has 0 rings (SSSR count). The van der Waals surface area contributed by atoms with Crippen LogP contribution in [-0.2, 0) is 4.79 Å². The Morgan fingerprint density at radius 2 is 1.28 bits per heavy atom. The van der Waals surface area contributed by atoms with Gasteiger partial charge in [0, 0.05) is 12.8 Å². The molecule has 0 aliphatic rings. The van der Waals surface area contributed by atoms with Gasteiger partial charge in [-0.1, -0.05) is 67.7 Å².